The molecule has 0 atom stereocenters. The summed E-state index contributed by atoms with van der Waals surface area (Å²) in [6.07, 6.45) is 0. The predicted octanol–water partition coefficient (Wildman–Crippen LogP) is 10.9. The van der Waals surface area contributed by atoms with Crippen molar-refractivity contribution in [2.75, 3.05) is 32.9 Å². The smallest absolute Gasteiger partial charge is 0.231 e. The van der Waals surface area contributed by atoms with E-state index in [1.807, 2.05) is 105 Å². The Hall–Kier alpha value is -8.79. The molecule has 0 aromatic heterocycles. The van der Waals surface area contributed by atoms with Crippen molar-refractivity contribution in [2.24, 2.45) is 0 Å². The van der Waals surface area contributed by atoms with Crippen molar-refractivity contribution in [3.05, 3.63) is 202 Å². The molecule has 8 aromatic carbocycles. The van der Waals surface area contributed by atoms with E-state index in [0.29, 0.717) is 22.6 Å². The molecule has 0 N–H and O–H groups in total. The van der Waals surface area contributed by atoms with Crippen LogP contribution in [0, 0.1) is 58.7 Å². The van der Waals surface area contributed by atoms with Gasteiger partial charge in [0.1, 0.15) is 17.2 Å². The molecule has 9 rings (SSSR count). The second-order valence-electron chi connectivity index (χ2n) is 14.8. The molecule has 0 aliphatic carbocycles. The van der Waals surface area contributed by atoms with Crippen LogP contribution >= 0.6 is 0 Å². The molecular weight excluding hydrogens is 761 g/mol. The summed E-state index contributed by atoms with van der Waals surface area (Å²) in [5.74, 6) is 29.0. The van der Waals surface area contributed by atoms with Gasteiger partial charge in [0.2, 0.25) is 6.79 Å². The molecule has 0 spiro atoms. The van der Waals surface area contributed by atoms with Gasteiger partial charge in [0.25, 0.3) is 0 Å². The van der Waals surface area contributed by atoms with Gasteiger partial charge in [-0.3, -0.25) is 0 Å². The molecule has 0 saturated carbocycles. The third-order valence-corrected chi connectivity index (χ3v) is 10.5. The van der Waals surface area contributed by atoms with Crippen molar-refractivity contribution in [3.63, 3.8) is 0 Å². The van der Waals surface area contributed by atoms with E-state index in [0.717, 1.165) is 83.1 Å². The molecule has 8 aromatic rings. The van der Waals surface area contributed by atoms with Crippen LogP contribution in [0.2, 0.25) is 0 Å². The number of anilines is 1. The van der Waals surface area contributed by atoms with Crippen LogP contribution in [0.4, 0.5) is 5.69 Å². The number of hydrogen-bond donors (Lipinski definition) is 0. The van der Waals surface area contributed by atoms with Gasteiger partial charge < -0.3 is 19.1 Å². The summed E-state index contributed by atoms with van der Waals surface area (Å²) >= 11 is 0. The monoisotopic (exact) mass is 796 g/mol. The molecule has 0 radical (unpaired) electrons. The van der Waals surface area contributed by atoms with Gasteiger partial charge in [0, 0.05) is 64.3 Å². The van der Waals surface area contributed by atoms with Crippen molar-refractivity contribution in [1.82, 2.24) is 0 Å². The Morgan fingerprint density at radius 2 is 0.887 bits per heavy atom. The Morgan fingerprint density at radius 3 is 1.37 bits per heavy atom. The second-order valence-corrected chi connectivity index (χ2v) is 14.8. The third-order valence-electron chi connectivity index (χ3n) is 10.5. The lowest BCUT2D eigenvalue weighted by atomic mass is 9.88. The summed E-state index contributed by atoms with van der Waals surface area (Å²) in [5, 5.41) is 13.2. The molecular formula is C57H36N2O3. The minimum absolute atomic E-state index is 0.0514. The number of fused-ring (bicyclic) bond motifs is 7. The molecule has 1 aliphatic heterocycles. The lowest BCUT2D eigenvalue weighted by molar-refractivity contribution is 0.124. The summed E-state index contributed by atoms with van der Waals surface area (Å²) in [7, 11) is 5.70. The quantitative estimate of drug-likeness (QED) is 0.163. The highest BCUT2D eigenvalue weighted by molar-refractivity contribution is 6.12. The van der Waals surface area contributed by atoms with Gasteiger partial charge in [-0.1, -0.05) is 77.7 Å². The molecule has 1 heterocycles. The molecule has 0 amide bonds. The van der Waals surface area contributed by atoms with Gasteiger partial charge in [-0.15, -0.1) is 0 Å². The van der Waals surface area contributed by atoms with E-state index >= 15 is 0 Å². The number of hydrogen-bond acceptors (Lipinski definition) is 5. The lowest BCUT2D eigenvalue weighted by Crippen LogP contribution is -2.07. The normalized spacial score (nSPS) is 10.8. The standard InChI is InChI=1S/C57H36N2O3/c1-59(2)50-27-19-41(20-28-50)9-13-43-23-31-53-49(33-43)36-47(26-18-40-11-15-45(37-58)16-12-40)57-55(53)54-52-32-24-44(14-10-42-21-29-51(60-3)30-22-42)34-48(52)35-46(56(54)61-38-62-57)25-17-39-7-5-4-6-8-39/h4-8,11-12,15-16,19-24,27-36H,38H2,1-3H3. The predicted molar refractivity (Wildman–Crippen MR) is 248 cm³/mol. The molecule has 292 valence electrons. The zero-order valence-corrected chi connectivity index (χ0v) is 34.3. The summed E-state index contributed by atoms with van der Waals surface area (Å²) in [6.45, 7) is -0.0514. The van der Waals surface area contributed by atoms with Crippen LogP contribution in [0.5, 0.6) is 17.2 Å². The van der Waals surface area contributed by atoms with E-state index in [9.17, 15) is 5.26 Å². The highest BCUT2D eigenvalue weighted by atomic mass is 16.7. The first-order valence-corrected chi connectivity index (χ1v) is 19.9. The van der Waals surface area contributed by atoms with E-state index in [4.69, 9.17) is 14.2 Å². The first-order valence-electron chi connectivity index (χ1n) is 19.9. The van der Waals surface area contributed by atoms with Crippen molar-refractivity contribution < 1.29 is 14.2 Å². The van der Waals surface area contributed by atoms with Crippen LogP contribution in [-0.4, -0.2) is 28.0 Å². The lowest BCUT2D eigenvalue weighted by Gasteiger charge is -2.17. The number of nitrogens with zero attached hydrogens (tertiary/aromatic N) is 2. The minimum atomic E-state index is -0.0514. The first kappa shape index (κ1) is 38.7. The minimum Gasteiger partial charge on any atom is -0.497 e. The average Bonchev–Trinajstić information content (AvgIpc) is 3.53. The molecule has 0 bridgehead atoms. The summed E-state index contributed by atoms with van der Waals surface area (Å²) in [6, 6.07) is 51.9. The van der Waals surface area contributed by atoms with Crippen LogP contribution in [0.15, 0.2) is 152 Å². The fraction of sp³-hybridized carbons (Fsp3) is 0.0702. The van der Waals surface area contributed by atoms with E-state index in [2.05, 4.69) is 107 Å². The SMILES string of the molecule is COc1ccc(C#Cc2ccc3c4c(c(C#Cc5ccccc5)cc3c2)OCOc2c(C#Cc3ccc(C#N)cc3)cc3cc(C#Cc5ccc(N(C)C)cc5)ccc3c2-4)cc1. The van der Waals surface area contributed by atoms with E-state index in [1.54, 1.807) is 19.2 Å². The fourth-order valence-corrected chi connectivity index (χ4v) is 7.29. The maximum absolute atomic E-state index is 9.38. The maximum atomic E-state index is 9.38. The molecule has 0 unspecified atom stereocenters. The average molecular weight is 797 g/mol. The Labute approximate surface area is 361 Å². The number of benzene rings is 8. The van der Waals surface area contributed by atoms with Crippen molar-refractivity contribution >= 4 is 27.2 Å². The zero-order valence-electron chi connectivity index (χ0n) is 34.3. The summed E-state index contributed by atoms with van der Waals surface area (Å²) in [5.41, 5.74) is 9.98. The fourth-order valence-electron chi connectivity index (χ4n) is 7.29. The van der Waals surface area contributed by atoms with Gasteiger partial charge in [0.05, 0.1) is 29.9 Å². The highest BCUT2D eigenvalue weighted by Crippen LogP contribution is 2.50. The Balaban J connectivity index is 1.26. The maximum Gasteiger partial charge on any atom is 0.231 e. The molecule has 0 fully saturated rings. The summed E-state index contributed by atoms with van der Waals surface area (Å²) < 4.78 is 18.5. The van der Waals surface area contributed by atoms with Gasteiger partial charge in [-0.25, -0.2) is 0 Å². The van der Waals surface area contributed by atoms with Crippen LogP contribution in [0.3, 0.4) is 0 Å². The van der Waals surface area contributed by atoms with E-state index < -0.39 is 0 Å². The Morgan fingerprint density at radius 1 is 0.468 bits per heavy atom. The molecule has 62 heavy (non-hydrogen) atoms. The van der Waals surface area contributed by atoms with E-state index in [-0.39, 0.29) is 6.79 Å². The highest BCUT2D eigenvalue weighted by Gasteiger charge is 2.27. The Bertz CT molecular complexity index is 3330. The second kappa shape index (κ2) is 17.2. The zero-order chi connectivity index (χ0) is 42.4. The van der Waals surface area contributed by atoms with Crippen molar-refractivity contribution in [3.8, 4) is 81.8 Å². The van der Waals surface area contributed by atoms with Crippen LogP contribution in [0.25, 0.3) is 32.7 Å². The number of methoxy groups -OCH3 is 1. The van der Waals surface area contributed by atoms with E-state index in [1.165, 1.54) is 0 Å². The molecule has 1 aliphatic rings. The third kappa shape index (κ3) is 8.23. The number of rotatable bonds is 2. The van der Waals surface area contributed by atoms with Gasteiger partial charge in [-0.2, -0.15) is 5.26 Å². The van der Waals surface area contributed by atoms with Crippen LogP contribution < -0.4 is 19.1 Å². The number of nitriles is 1. The Kier molecular flexibility index (Phi) is 10.7. The van der Waals surface area contributed by atoms with Crippen molar-refractivity contribution in [1.29, 1.82) is 5.26 Å². The van der Waals surface area contributed by atoms with Gasteiger partial charge >= 0.3 is 0 Å². The first-order chi connectivity index (χ1) is 30.4. The molecule has 5 heteroatoms. The van der Waals surface area contributed by atoms with Crippen LogP contribution in [-0.2, 0) is 0 Å². The number of ether oxygens (including phenoxy) is 3. The van der Waals surface area contributed by atoms with Crippen molar-refractivity contribution in [2.45, 2.75) is 0 Å². The van der Waals surface area contributed by atoms with Gasteiger partial charge in [-0.05, 0) is 143 Å². The molecule has 5 nitrogen and oxygen atoms in total. The largest absolute Gasteiger partial charge is 0.497 e. The molecule has 0 saturated heterocycles. The topological polar surface area (TPSA) is 54.7 Å². The van der Waals surface area contributed by atoms with Gasteiger partial charge in [0.15, 0.2) is 0 Å². The summed E-state index contributed by atoms with van der Waals surface area (Å²) in [4.78, 5) is 2.07. The van der Waals surface area contributed by atoms with Crippen LogP contribution in [0.1, 0.15) is 50.1 Å².